The minimum Gasteiger partial charge on any atom is -0.357 e. The minimum atomic E-state index is 0.609. The lowest BCUT2D eigenvalue weighted by molar-refractivity contribution is 0.157. The molecule has 0 aliphatic carbocycles. The van der Waals surface area contributed by atoms with Gasteiger partial charge in [-0.05, 0) is 45.0 Å². The van der Waals surface area contributed by atoms with Crippen LogP contribution in [0.15, 0.2) is 29.4 Å². The maximum Gasteiger partial charge on any atom is 0.191 e. The first-order valence-corrected chi connectivity index (χ1v) is 8.49. The van der Waals surface area contributed by atoms with Crippen LogP contribution >= 0.6 is 0 Å². The number of pyridine rings is 1. The van der Waals surface area contributed by atoms with Crippen molar-refractivity contribution >= 4 is 5.96 Å². The molecule has 0 bridgehead atoms. The predicted molar refractivity (Wildman–Crippen MR) is 91.9 cm³/mol. The van der Waals surface area contributed by atoms with Gasteiger partial charge < -0.3 is 10.6 Å². The number of likely N-dealkylation sites (N-methyl/N-ethyl adjacent to an activating group) is 1. The van der Waals surface area contributed by atoms with Crippen LogP contribution in [0.25, 0.3) is 0 Å². The van der Waals surface area contributed by atoms with Gasteiger partial charge in [-0.1, -0.05) is 19.4 Å². The quantitative estimate of drug-likeness (QED) is 0.623. The number of guanidine groups is 1. The van der Waals surface area contributed by atoms with Gasteiger partial charge in [0.1, 0.15) is 0 Å². The molecule has 22 heavy (non-hydrogen) atoms. The number of aromatic nitrogens is 1. The Balaban J connectivity index is 1.87. The highest BCUT2D eigenvalue weighted by molar-refractivity contribution is 5.79. The molecule has 0 radical (unpaired) electrons. The zero-order valence-corrected chi connectivity index (χ0v) is 13.9. The second-order valence-corrected chi connectivity index (χ2v) is 5.68. The number of nitrogens with one attached hydrogen (secondary N) is 2. The van der Waals surface area contributed by atoms with Gasteiger partial charge in [0.05, 0.1) is 12.2 Å². The van der Waals surface area contributed by atoms with E-state index in [2.05, 4.69) is 39.4 Å². The fraction of sp³-hybridized carbons (Fsp3) is 0.647. The van der Waals surface area contributed by atoms with Gasteiger partial charge in [0.15, 0.2) is 5.96 Å². The van der Waals surface area contributed by atoms with Crippen LogP contribution in [0, 0.1) is 0 Å². The van der Waals surface area contributed by atoms with E-state index >= 15 is 0 Å². The molecule has 1 aliphatic rings. The third-order valence-electron chi connectivity index (χ3n) is 4.13. The number of nitrogens with zero attached hydrogens (tertiary/aromatic N) is 3. The Morgan fingerprint density at radius 1 is 1.32 bits per heavy atom. The van der Waals surface area contributed by atoms with Crippen LogP contribution in [-0.4, -0.2) is 48.1 Å². The highest BCUT2D eigenvalue weighted by atomic mass is 15.2. The molecule has 1 saturated heterocycles. The number of likely N-dealkylation sites (tertiary alicyclic amines) is 1. The van der Waals surface area contributed by atoms with Crippen molar-refractivity contribution in [3.8, 4) is 0 Å². The van der Waals surface area contributed by atoms with E-state index in [0.29, 0.717) is 12.6 Å². The van der Waals surface area contributed by atoms with Crippen LogP contribution < -0.4 is 10.6 Å². The van der Waals surface area contributed by atoms with Gasteiger partial charge in [-0.15, -0.1) is 0 Å². The Morgan fingerprint density at radius 3 is 2.95 bits per heavy atom. The summed E-state index contributed by atoms with van der Waals surface area (Å²) >= 11 is 0. The van der Waals surface area contributed by atoms with Crippen LogP contribution in [0.3, 0.4) is 0 Å². The van der Waals surface area contributed by atoms with E-state index < -0.39 is 0 Å². The normalized spacial score (nSPS) is 19.9. The van der Waals surface area contributed by atoms with Crippen molar-refractivity contribution in [3.63, 3.8) is 0 Å². The lowest BCUT2D eigenvalue weighted by Gasteiger charge is -2.35. The molecule has 0 amide bonds. The van der Waals surface area contributed by atoms with Gasteiger partial charge in [0.2, 0.25) is 0 Å². The standard InChI is InChI=1S/C17H29N5/c1-3-18-17(20-13-15-9-5-7-11-19-15)21-14-16-10-6-8-12-22(16)4-2/h5,7,9,11,16H,3-4,6,8,10,12-14H2,1-2H3,(H2,18,20,21). The molecule has 0 saturated carbocycles. The first-order chi connectivity index (χ1) is 10.8. The first kappa shape index (κ1) is 16.7. The largest absolute Gasteiger partial charge is 0.357 e. The van der Waals surface area contributed by atoms with Gasteiger partial charge in [0, 0.05) is 25.3 Å². The number of hydrogen-bond donors (Lipinski definition) is 2. The summed E-state index contributed by atoms with van der Waals surface area (Å²) < 4.78 is 0. The van der Waals surface area contributed by atoms with Crippen molar-refractivity contribution in [1.82, 2.24) is 20.5 Å². The summed E-state index contributed by atoms with van der Waals surface area (Å²) in [5, 5.41) is 6.81. The Hall–Kier alpha value is -1.62. The zero-order valence-electron chi connectivity index (χ0n) is 13.9. The molecule has 1 aromatic heterocycles. The molecule has 1 aliphatic heterocycles. The predicted octanol–water partition coefficient (Wildman–Crippen LogP) is 2.01. The van der Waals surface area contributed by atoms with Gasteiger partial charge in [0.25, 0.3) is 0 Å². The first-order valence-electron chi connectivity index (χ1n) is 8.49. The minimum absolute atomic E-state index is 0.609. The van der Waals surface area contributed by atoms with Crippen LogP contribution in [0.2, 0.25) is 0 Å². The summed E-state index contributed by atoms with van der Waals surface area (Å²) in [5.74, 6) is 0.884. The Labute approximate surface area is 134 Å². The molecule has 5 nitrogen and oxygen atoms in total. The van der Waals surface area contributed by atoms with Crippen molar-refractivity contribution < 1.29 is 0 Å². The SMILES string of the molecule is CCNC(=NCc1ccccn1)NCC1CCCCN1CC. The van der Waals surface area contributed by atoms with Crippen molar-refractivity contribution in [1.29, 1.82) is 0 Å². The molecule has 2 N–H and O–H groups in total. The third kappa shape index (κ3) is 5.30. The Morgan fingerprint density at radius 2 is 2.23 bits per heavy atom. The molecule has 0 spiro atoms. The van der Waals surface area contributed by atoms with Crippen LogP contribution in [0.1, 0.15) is 38.8 Å². The number of piperidine rings is 1. The van der Waals surface area contributed by atoms with E-state index in [1.54, 1.807) is 0 Å². The third-order valence-corrected chi connectivity index (χ3v) is 4.13. The van der Waals surface area contributed by atoms with Crippen LogP contribution in [0.4, 0.5) is 0 Å². The Bertz CT molecular complexity index is 446. The van der Waals surface area contributed by atoms with E-state index in [-0.39, 0.29) is 0 Å². The molecule has 2 heterocycles. The fourth-order valence-corrected chi connectivity index (χ4v) is 2.92. The molecule has 5 heteroatoms. The topological polar surface area (TPSA) is 52.6 Å². The molecule has 2 rings (SSSR count). The Kier molecular flexibility index (Phi) is 7.16. The number of rotatable bonds is 6. The summed E-state index contributed by atoms with van der Waals surface area (Å²) in [6.07, 6.45) is 5.76. The molecular formula is C17H29N5. The molecule has 1 fully saturated rings. The smallest absolute Gasteiger partial charge is 0.191 e. The average Bonchev–Trinajstić information content (AvgIpc) is 2.58. The monoisotopic (exact) mass is 303 g/mol. The summed E-state index contributed by atoms with van der Waals surface area (Å²) in [4.78, 5) is 11.5. The van der Waals surface area contributed by atoms with Gasteiger partial charge in [-0.2, -0.15) is 0 Å². The van der Waals surface area contributed by atoms with E-state index in [0.717, 1.165) is 31.3 Å². The second-order valence-electron chi connectivity index (χ2n) is 5.68. The second kappa shape index (κ2) is 9.41. The molecular weight excluding hydrogens is 274 g/mol. The highest BCUT2D eigenvalue weighted by Crippen LogP contribution is 2.15. The van der Waals surface area contributed by atoms with E-state index in [9.17, 15) is 0 Å². The molecule has 1 unspecified atom stereocenters. The summed E-state index contributed by atoms with van der Waals surface area (Å²) in [6.45, 7) is 9.14. The van der Waals surface area contributed by atoms with E-state index in [1.165, 1.54) is 25.8 Å². The average molecular weight is 303 g/mol. The molecule has 1 aromatic rings. The highest BCUT2D eigenvalue weighted by Gasteiger charge is 2.20. The maximum atomic E-state index is 4.63. The lowest BCUT2D eigenvalue weighted by atomic mass is 10.0. The zero-order chi connectivity index (χ0) is 15.6. The molecule has 1 atom stereocenters. The van der Waals surface area contributed by atoms with Gasteiger partial charge in [-0.25, -0.2) is 4.99 Å². The van der Waals surface area contributed by atoms with E-state index in [1.807, 2.05) is 24.4 Å². The van der Waals surface area contributed by atoms with Gasteiger partial charge in [-0.3, -0.25) is 9.88 Å². The van der Waals surface area contributed by atoms with Crippen molar-refractivity contribution in [3.05, 3.63) is 30.1 Å². The summed E-state index contributed by atoms with van der Waals surface area (Å²) in [6, 6.07) is 6.56. The fourth-order valence-electron chi connectivity index (χ4n) is 2.92. The van der Waals surface area contributed by atoms with Gasteiger partial charge >= 0.3 is 0 Å². The van der Waals surface area contributed by atoms with E-state index in [4.69, 9.17) is 0 Å². The summed E-state index contributed by atoms with van der Waals surface area (Å²) in [7, 11) is 0. The summed E-state index contributed by atoms with van der Waals surface area (Å²) in [5.41, 5.74) is 0.993. The molecule has 0 aromatic carbocycles. The van der Waals surface area contributed by atoms with Crippen molar-refractivity contribution in [2.24, 2.45) is 4.99 Å². The van der Waals surface area contributed by atoms with Crippen molar-refractivity contribution in [2.75, 3.05) is 26.2 Å². The van der Waals surface area contributed by atoms with Crippen LogP contribution in [-0.2, 0) is 6.54 Å². The number of hydrogen-bond acceptors (Lipinski definition) is 3. The maximum absolute atomic E-state index is 4.63. The lowest BCUT2D eigenvalue weighted by Crippen LogP contribution is -2.49. The van der Waals surface area contributed by atoms with Crippen molar-refractivity contribution in [2.45, 2.75) is 45.7 Å². The number of aliphatic imine (C=N–C) groups is 1. The van der Waals surface area contributed by atoms with Crippen LogP contribution in [0.5, 0.6) is 0 Å². The molecule has 122 valence electrons.